The third kappa shape index (κ3) is 3.70. The van der Waals surface area contributed by atoms with Crippen molar-refractivity contribution >= 4 is 45.7 Å². The molecule has 1 heterocycles. The lowest BCUT2D eigenvalue weighted by Gasteiger charge is -2.02. The van der Waals surface area contributed by atoms with Gasteiger partial charge in [0, 0.05) is 0 Å². The third-order valence-corrected chi connectivity index (χ3v) is 4.23. The molecule has 19 heavy (non-hydrogen) atoms. The van der Waals surface area contributed by atoms with E-state index in [-0.39, 0.29) is 5.91 Å². The Morgan fingerprint density at radius 2 is 2.26 bits per heavy atom. The lowest BCUT2D eigenvalue weighted by Crippen LogP contribution is -2.12. The molecule has 0 unspecified atom stereocenters. The number of hydrogen-bond donors (Lipinski definition) is 1. The molecule has 0 fully saturated rings. The highest BCUT2D eigenvalue weighted by molar-refractivity contribution is 8.01. The molecule has 0 bridgehead atoms. The van der Waals surface area contributed by atoms with Gasteiger partial charge in [-0.25, -0.2) is 0 Å². The summed E-state index contributed by atoms with van der Waals surface area (Å²) >= 11 is 8.61. The summed E-state index contributed by atoms with van der Waals surface area (Å²) in [6.45, 7) is 0. The van der Waals surface area contributed by atoms with Crippen LogP contribution in [0.25, 0.3) is 0 Å². The van der Waals surface area contributed by atoms with Gasteiger partial charge in [-0.1, -0.05) is 52.8 Å². The van der Waals surface area contributed by atoms with Crippen LogP contribution in [-0.4, -0.2) is 21.9 Å². The van der Waals surface area contributed by atoms with Crippen LogP contribution in [0.2, 0.25) is 5.02 Å². The summed E-state index contributed by atoms with van der Waals surface area (Å²) in [5.41, 5.74) is 0.400. The van der Waals surface area contributed by atoms with E-state index in [0.717, 1.165) is 0 Å². The van der Waals surface area contributed by atoms with E-state index in [1.54, 1.807) is 24.3 Å². The molecule has 0 saturated carbocycles. The molecule has 1 aromatic carbocycles. The van der Waals surface area contributed by atoms with Gasteiger partial charge in [-0.15, -0.1) is 16.6 Å². The largest absolute Gasteiger partial charge is 0.296 e. The van der Waals surface area contributed by atoms with Crippen molar-refractivity contribution in [1.29, 1.82) is 0 Å². The van der Waals surface area contributed by atoms with E-state index in [0.29, 0.717) is 25.8 Å². The predicted molar refractivity (Wildman–Crippen MR) is 78.9 cm³/mol. The number of anilines is 1. The molecule has 0 aliphatic heterocycles. The number of amides is 1. The highest BCUT2D eigenvalue weighted by Gasteiger charge is 2.12. The molecule has 1 amide bonds. The van der Waals surface area contributed by atoms with Crippen LogP contribution in [0.4, 0.5) is 5.13 Å². The fraction of sp³-hybridized carbons (Fsp3) is 0.0833. The molecule has 0 aliphatic carbocycles. The first-order valence-corrected chi connectivity index (χ1v) is 7.34. The molecule has 0 aliphatic rings. The Morgan fingerprint density at radius 1 is 1.47 bits per heavy atom. The summed E-state index contributed by atoms with van der Waals surface area (Å²) in [5, 5.41) is 11.2. The van der Waals surface area contributed by atoms with Gasteiger partial charge in [0.25, 0.3) is 5.91 Å². The number of terminal acetylenes is 1. The zero-order valence-electron chi connectivity index (χ0n) is 9.59. The second-order valence-corrected chi connectivity index (χ2v) is 5.91. The van der Waals surface area contributed by atoms with Crippen LogP contribution in [0.5, 0.6) is 0 Å². The van der Waals surface area contributed by atoms with E-state index in [2.05, 4.69) is 21.4 Å². The second kappa shape index (κ2) is 6.57. The molecule has 7 heteroatoms. The van der Waals surface area contributed by atoms with Gasteiger partial charge < -0.3 is 0 Å². The summed E-state index contributed by atoms with van der Waals surface area (Å²) < 4.78 is 0.715. The number of carbonyl (C=O) groups is 1. The fourth-order valence-corrected chi connectivity index (χ4v) is 2.88. The first-order valence-electron chi connectivity index (χ1n) is 5.16. The normalized spacial score (nSPS) is 9.89. The zero-order valence-corrected chi connectivity index (χ0v) is 12.0. The third-order valence-electron chi connectivity index (χ3n) is 2.02. The molecule has 4 nitrogen and oxygen atoms in total. The van der Waals surface area contributed by atoms with Gasteiger partial charge >= 0.3 is 0 Å². The van der Waals surface area contributed by atoms with Crippen molar-refractivity contribution in [3.05, 3.63) is 34.9 Å². The van der Waals surface area contributed by atoms with Crippen LogP contribution in [0.3, 0.4) is 0 Å². The number of nitrogens with zero attached hydrogens (tertiary/aromatic N) is 2. The van der Waals surface area contributed by atoms with Crippen molar-refractivity contribution in [2.75, 3.05) is 11.1 Å². The Labute approximate surface area is 123 Å². The van der Waals surface area contributed by atoms with Crippen molar-refractivity contribution in [3.8, 4) is 12.3 Å². The molecule has 0 saturated heterocycles. The lowest BCUT2D eigenvalue weighted by atomic mass is 10.2. The number of aromatic nitrogens is 2. The van der Waals surface area contributed by atoms with Gasteiger partial charge in [0.1, 0.15) is 0 Å². The molecule has 2 rings (SSSR count). The summed E-state index contributed by atoms with van der Waals surface area (Å²) in [6.07, 6.45) is 5.16. The average molecular weight is 310 g/mol. The smallest absolute Gasteiger partial charge is 0.259 e. The van der Waals surface area contributed by atoms with Crippen LogP contribution in [-0.2, 0) is 0 Å². The predicted octanol–water partition coefficient (Wildman–Crippen LogP) is 3.17. The molecule has 1 N–H and O–H groups in total. The molecule has 2 aromatic rings. The Hall–Kier alpha value is -1.55. The maximum atomic E-state index is 12.0. The Kier molecular flexibility index (Phi) is 4.80. The molecular weight excluding hydrogens is 302 g/mol. The average Bonchev–Trinajstić information content (AvgIpc) is 2.84. The van der Waals surface area contributed by atoms with Gasteiger partial charge in [-0.05, 0) is 12.1 Å². The SMILES string of the molecule is C#CCSc1nnc(NC(=O)c2ccccc2Cl)s1. The maximum Gasteiger partial charge on any atom is 0.259 e. The zero-order chi connectivity index (χ0) is 13.7. The number of thioether (sulfide) groups is 1. The summed E-state index contributed by atoms with van der Waals surface area (Å²) in [6, 6.07) is 6.81. The van der Waals surface area contributed by atoms with E-state index >= 15 is 0 Å². The van der Waals surface area contributed by atoms with E-state index in [1.807, 2.05) is 0 Å². The van der Waals surface area contributed by atoms with Crippen molar-refractivity contribution < 1.29 is 4.79 Å². The van der Waals surface area contributed by atoms with Crippen molar-refractivity contribution in [2.45, 2.75) is 4.34 Å². The fourth-order valence-electron chi connectivity index (χ4n) is 1.23. The summed E-state index contributed by atoms with van der Waals surface area (Å²) in [5.74, 6) is 2.71. The van der Waals surface area contributed by atoms with E-state index < -0.39 is 0 Å². The number of benzene rings is 1. The quantitative estimate of drug-likeness (QED) is 0.535. The van der Waals surface area contributed by atoms with Crippen LogP contribution in [0, 0.1) is 12.3 Å². The monoisotopic (exact) mass is 309 g/mol. The second-order valence-electron chi connectivity index (χ2n) is 3.30. The minimum absolute atomic E-state index is 0.310. The molecule has 0 atom stereocenters. The number of nitrogens with one attached hydrogen (secondary N) is 1. The van der Waals surface area contributed by atoms with Crippen molar-refractivity contribution in [1.82, 2.24) is 10.2 Å². The number of carbonyl (C=O) groups excluding carboxylic acids is 1. The van der Waals surface area contributed by atoms with E-state index in [4.69, 9.17) is 18.0 Å². The number of hydrogen-bond acceptors (Lipinski definition) is 5. The van der Waals surface area contributed by atoms with Gasteiger partial charge in [-0.3, -0.25) is 10.1 Å². The highest BCUT2D eigenvalue weighted by atomic mass is 35.5. The first kappa shape index (κ1) is 13.9. The molecule has 1 aromatic heterocycles. The van der Waals surface area contributed by atoms with Crippen LogP contribution < -0.4 is 5.32 Å². The van der Waals surface area contributed by atoms with Gasteiger partial charge in [0.15, 0.2) is 4.34 Å². The summed E-state index contributed by atoms with van der Waals surface area (Å²) in [7, 11) is 0. The van der Waals surface area contributed by atoms with Crippen molar-refractivity contribution in [3.63, 3.8) is 0 Å². The highest BCUT2D eigenvalue weighted by Crippen LogP contribution is 2.25. The van der Waals surface area contributed by atoms with Crippen LogP contribution >= 0.6 is 34.7 Å². The summed E-state index contributed by atoms with van der Waals surface area (Å²) in [4.78, 5) is 12.0. The topological polar surface area (TPSA) is 54.9 Å². The standard InChI is InChI=1S/C12H8ClN3OS2/c1-2-7-18-12-16-15-11(19-12)14-10(17)8-5-3-4-6-9(8)13/h1,3-6H,7H2,(H,14,15,17). The van der Waals surface area contributed by atoms with Gasteiger partial charge in [0.2, 0.25) is 5.13 Å². The molecule has 0 spiro atoms. The first-order chi connectivity index (χ1) is 9.20. The number of halogens is 1. The maximum absolute atomic E-state index is 12.0. The Balaban J connectivity index is 2.05. The van der Waals surface area contributed by atoms with Crippen LogP contribution in [0.15, 0.2) is 28.6 Å². The number of rotatable bonds is 4. The van der Waals surface area contributed by atoms with Gasteiger partial charge in [-0.2, -0.15) is 0 Å². The van der Waals surface area contributed by atoms with E-state index in [1.165, 1.54) is 23.1 Å². The Bertz CT molecular complexity index is 636. The molecular formula is C12H8ClN3OS2. The van der Waals surface area contributed by atoms with Gasteiger partial charge in [0.05, 0.1) is 16.3 Å². The van der Waals surface area contributed by atoms with Crippen molar-refractivity contribution in [2.24, 2.45) is 0 Å². The molecule has 0 radical (unpaired) electrons. The minimum Gasteiger partial charge on any atom is -0.296 e. The Morgan fingerprint density at radius 3 is 3.00 bits per heavy atom. The lowest BCUT2D eigenvalue weighted by molar-refractivity contribution is 0.102. The molecule has 96 valence electrons. The van der Waals surface area contributed by atoms with E-state index in [9.17, 15) is 4.79 Å². The minimum atomic E-state index is -0.310. The van der Waals surface area contributed by atoms with Crippen LogP contribution in [0.1, 0.15) is 10.4 Å².